The monoisotopic (exact) mass is 420 g/mol. The average Bonchev–Trinajstić information content (AvgIpc) is 2.90. The zero-order chi connectivity index (χ0) is 20.3. The topological polar surface area (TPSA) is 66.9 Å². The first-order valence-electron chi connectivity index (χ1n) is 8.58. The quantitative estimate of drug-likeness (QED) is 0.644. The predicted molar refractivity (Wildman–Crippen MR) is 106 cm³/mol. The van der Waals surface area contributed by atoms with Gasteiger partial charge in [0.25, 0.3) is 11.8 Å². The number of halogens is 2. The van der Waals surface area contributed by atoms with Crippen LogP contribution in [-0.4, -0.2) is 54.3 Å². The maximum atomic E-state index is 12.9. The normalized spacial score (nSPS) is 13.0. The Morgan fingerprint density at radius 3 is 2.14 bits per heavy atom. The molecule has 6 nitrogen and oxygen atoms in total. The molecular weight excluding hydrogens is 403 g/mol. The predicted octanol–water partition coefficient (Wildman–Crippen LogP) is 3.26. The number of nitrogens with zero attached hydrogens (tertiary/aromatic N) is 2. The lowest BCUT2D eigenvalue weighted by molar-refractivity contribution is -0.132. The van der Waals surface area contributed by atoms with Crippen LogP contribution in [0, 0.1) is 0 Å². The van der Waals surface area contributed by atoms with E-state index in [-0.39, 0.29) is 33.6 Å². The van der Waals surface area contributed by atoms with Gasteiger partial charge >= 0.3 is 0 Å². The standard InChI is InChI=1S/C20H18Cl2N2O4/c1-28-8-7-23(11-13-5-3-2-4-6-13)18(25)12-24-19(26)14-9-16(21)17(22)10-15(14)20(24)27/h2-6,9-10H,7-8,11-12H2,1H3. The van der Waals surface area contributed by atoms with Crippen molar-refractivity contribution in [1.82, 2.24) is 9.80 Å². The highest BCUT2D eigenvalue weighted by atomic mass is 35.5. The minimum atomic E-state index is -0.557. The molecule has 0 fully saturated rings. The molecule has 2 aromatic carbocycles. The Balaban J connectivity index is 1.77. The molecule has 8 heteroatoms. The van der Waals surface area contributed by atoms with Crippen LogP contribution in [-0.2, 0) is 16.1 Å². The Morgan fingerprint density at radius 1 is 1.04 bits per heavy atom. The molecule has 0 saturated heterocycles. The molecular formula is C20H18Cl2N2O4. The van der Waals surface area contributed by atoms with Gasteiger partial charge in [0.15, 0.2) is 0 Å². The Morgan fingerprint density at radius 2 is 1.61 bits per heavy atom. The number of methoxy groups -OCH3 is 1. The van der Waals surface area contributed by atoms with Crippen molar-refractivity contribution in [2.24, 2.45) is 0 Å². The van der Waals surface area contributed by atoms with Gasteiger partial charge in [-0.05, 0) is 17.7 Å². The first kappa shape index (κ1) is 20.3. The fraction of sp³-hybridized carbons (Fsp3) is 0.250. The maximum absolute atomic E-state index is 12.9. The van der Waals surface area contributed by atoms with Crippen LogP contribution in [0.2, 0.25) is 10.0 Å². The summed E-state index contributed by atoms with van der Waals surface area (Å²) in [6, 6.07) is 12.2. The number of rotatable bonds is 7. The lowest BCUT2D eigenvalue weighted by atomic mass is 10.1. The molecule has 1 aliphatic heterocycles. The van der Waals surface area contributed by atoms with Crippen molar-refractivity contribution < 1.29 is 19.1 Å². The summed E-state index contributed by atoms with van der Waals surface area (Å²) >= 11 is 11.9. The van der Waals surface area contributed by atoms with E-state index in [1.807, 2.05) is 30.3 Å². The molecule has 3 rings (SSSR count). The first-order valence-corrected chi connectivity index (χ1v) is 9.34. The molecule has 146 valence electrons. The van der Waals surface area contributed by atoms with Crippen molar-refractivity contribution in [1.29, 1.82) is 0 Å². The molecule has 1 heterocycles. The van der Waals surface area contributed by atoms with E-state index in [2.05, 4.69) is 0 Å². The number of fused-ring (bicyclic) bond motifs is 1. The highest BCUT2D eigenvalue weighted by Crippen LogP contribution is 2.31. The fourth-order valence-corrected chi connectivity index (χ4v) is 3.29. The number of amides is 3. The molecule has 0 spiro atoms. The van der Waals surface area contributed by atoms with Gasteiger partial charge < -0.3 is 9.64 Å². The first-order chi connectivity index (χ1) is 13.4. The van der Waals surface area contributed by atoms with Gasteiger partial charge in [-0.1, -0.05) is 53.5 Å². The van der Waals surface area contributed by atoms with Crippen LogP contribution < -0.4 is 0 Å². The van der Waals surface area contributed by atoms with Crippen LogP contribution in [0.1, 0.15) is 26.3 Å². The van der Waals surface area contributed by atoms with Gasteiger partial charge in [-0.3, -0.25) is 19.3 Å². The molecule has 28 heavy (non-hydrogen) atoms. The molecule has 0 saturated carbocycles. The Hall–Kier alpha value is -2.41. The molecule has 0 bridgehead atoms. The fourth-order valence-electron chi connectivity index (χ4n) is 2.96. The van der Waals surface area contributed by atoms with Gasteiger partial charge in [-0.15, -0.1) is 0 Å². The van der Waals surface area contributed by atoms with Crippen molar-refractivity contribution in [3.8, 4) is 0 Å². The van der Waals surface area contributed by atoms with E-state index in [1.54, 1.807) is 12.0 Å². The zero-order valence-corrected chi connectivity index (χ0v) is 16.7. The SMILES string of the molecule is COCCN(Cc1ccccc1)C(=O)CN1C(=O)c2cc(Cl)c(Cl)cc2C1=O. The van der Waals surface area contributed by atoms with E-state index < -0.39 is 11.8 Å². The largest absolute Gasteiger partial charge is 0.383 e. The van der Waals surface area contributed by atoms with Crippen molar-refractivity contribution >= 4 is 40.9 Å². The number of hydrogen-bond acceptors (Lipinski definition) is 4. The van der Waals surface area contributed by atoms with Crippen LogP contribution in [0.5, 0.6) is 0 Å². The summed E-state index contributed by atoms with van der Waals surface area (Å²) in [5.74, 6) is -1.47. The highest BCUT2D eigenvalue weighted by Gasteiger charge is 2.38. The third kappa shape index (κ3) is 4.19. The molecule has 1 aliphatic rings. The van der Waals surface area contributed by atoms with Gasteiger partial charge in [-0.25, -0.2) is 0 Å². The smallest absolute Gasteiger partial charge is 0.262 e. The molecule has 0 atom stereocenters. The van der Waals surface area contributed by atoms with Gasteiger partial charge in [0, 0.05) is 20.2 Å². The van der Waals surface area contributed by atoms with Crippen molar-refractivity contribution in [2.45, 2.75) is 6.54 Å². The summed E-state index contributed by atoms with van der Waals surface area (Å²) in [7, 11) is 1.54. The van der Waals surface area contributed by atoms with Crippen LogP contribution in [0.15, 0.2) is 42.5 Å². The highest BCUT2D eigenvalue weighted by molar-refractivity contribution is 6.43. The summed E-state index contributed by atoms with van der Waals surface area (Å²) in [6.07, 6.45) is 0. The van der Waals surface area contributed by atoms with Crippen molar-refractivity contribution in [3.05, 3.63) is 69.2 Å². The third-order valence-electron chi connectivity index (χ3n) is 4.44. The van der Waals surface area contributed by atoms with Gasteiger partial charge in [-0.2, -0.15) is 0 Å². The molecule has 0 aromatic heterocycles. The molecule has 0 N–H and O–H groups in total. The van der Waals surface area contributed by atoms with E-state index >= 15 is 0 Å². The summed E-state index contributed by atoms with van der Waals surface area (Å²) in [5, 5.41) is 0.362. The van der Waals surface area contributed by atoms with Gasteiger partial charge in [0.2, 0.25) is 5.91 Å². The lowest BCUT2D eigenvalue weighted by Crippen LogP contribution is -2.43. The molecule has 3 amide bonds. The van der Waals surface area contributed by atoms with E-state index in [0.717, 1.165) is 10.5 Å². The number of carbonyl (C=O) groups is 3. The lowest BCUT2D eigenvalue weighted by Gasteiger charge is -2.24. The molecule has 2 aromatic rings. The summed E-state index contributed by atoms with van der Waals surface area (Å²) < 4.78 is 5.08. The minimum Gasteiger partial charge on any atom is -0.383 e. The van der Waals surface area contributed by atoms with Gasteiger partial charge in [0.1, 0.15) is 6.54 Å². The number of imide groups is 1. The molecule has 0 radical (unpaired) electrons. The van der Waals surface area contributed by atoms with Gasteiger partial charge in [0.05, 0.1) is 27.8 Å². The average molecular weight is 421 g/mol. The summed E-state index contributed by atoms with van der Waals surface area (Å²) in [5.41, 5.74) is 1.24. The Kier molecular flexibility index (Phi) is 6.34. The van der Waals surface area contributed by atoms with E-state index in [4.69, 9.17) is 27.9 Å². The van der Waals surface area contributed by atoms with E-state index in [1.165, 1.54) is 12.1 Å². The van der Waals surface area contributed by atoms with Crippen molar-refractivity contribution in [2.75, 3.05) is 26.8 Å². The Labute approximate surface area is 172 Å². The second-order valence-electron chi connectivity index (χ2n) is 6.30. The van der Waals surface area contributed by atoms with E-state index in [9.17, 15) is 14.4 Å². The number of carbonyl (C=O) groups excluding carboxylic acids is 3. The summed E-state index contributed by atoms with van der Waals surface area (Å²) in [6.45, 7) is 0.666. The van der Waals surface area contributed by atoms with Crippen LogP contribution in [0.4, 0.5) is 0 Å². The number of hydrogen-bond donors (Lipinski definition) is 0. The van der Waals surface area contributed by atoms with E-state index in [0.29, 0.717) is 19.7 Å². The molecule has 0 aliphatic carbocycles. The second kappa shape index (κ2) is 8.73. The second-order valence-corrected chi connectivity index (χ2v) is 7.12. The van der Waals surface area contributed by atoms with Crippen molar-refractivity contribution in [3.63, 3.8) is 0 Å². The zero-order valence-electron chi connectivity index (χ0n) is 15.2. The Bertz CT molecular complexity index is 877. The van der Waals surface area contributed by atoms with Crippen LogP contribution in [0.25, 0.3) is 0 Å². The van der Waals surface area contributed by atoms with Crippen LogP contribution in [0.3, 0.4) is 0 Å². The third-order valence-corrected chi connectivity index (χ3v) is 5.16. The molecule has 0 unspecified atom stereocenters. The van der Waals surface area contributed by atoms with Crippen LogP contribution >= 0.6 is 23.2 Å². The number of benzene rings is 2. The minimum absolute atomic E-state index is 0.152. The maximum Gasteiger partial charge on any atom is 0.262 e. The number of ether oxygens (including phenoxy) is 1. The summed E-state index contributed by atoms with van der Waals surface area (Å²) in [4.78, 5) is 40.6.